The van der Waals surface area contributed by atoms with Gasteiger partial charge in [-0.1, -0.05) is 36.4 Å². The first kappa shape index (κ1) is 18.5. The second kappa shape index (κ2) is 7.95. The summed E-state index contributed by atoms with van der Waals surface area (Å²) in [5.41, 5.74) is 0.0638. The van der Waals surface area contributed by atoms with Crippen LogP contribution >= 0.6 is 0 Å². The molecule has 1 amide bonds. The fourth-order valence-electron chi connectivity index (χ4n) is 2.48. The first-order valence-electron chi connectivity index (χ1n) is 8.19. The van der Waals surface area contributed by atoms with E-state index in [0.29, 0.717) is 22.7 Å². The van der Waals surface area contributed by atoms with Gasteiger partial charge in [0.1, 0.15) is 11.5 Å². The number of hydrogen-bond donors (Lipinski definition) is 1. The molecule has 0 aromatic heterocycles. The van der Waals surface area contributed by atoms with E-state index in [1.807, 2.05) is 30.3 Å². The fraction of sp³-hybridized carbons (Fsp3) is 0.0952. The number of anilines is 1. The Balaban J connectivity index is 1.60. The Hall–Kier alpha value is -3.28. The maximum atomic E-state index is 12.7. The number of hydrogen-bond acceptors (Lipinski definition) is 2. The lowest BCUT2D eigenvalue weighted by molar-refractivity contribution is -0.137. The van der Waals surface area contributed by atoms with E-state index in [-0.39, 0.29) is 6.42 Å². The normalized spacial score (nSPS) is 11.1. The van der Waals surface area contributed by atoms with Gasteiger partial charge in [0.2, 0.25) is 5.91 Å². The van der Waals surface area contributed by atoms with Crippen molar-refractivity contribution in [3.8, 4) is 11.5 Å². The van der Waals surface area contributed by atoms with Gasteiger partial charge in [-0.2, -0.15) is 13.2 Å². The molecule has 1 N–H and O–H groups in total. The molecule has 0 aliphatic rings. The molecule has 0 saturated heterocycles. The number of ether oxygens (including phenoxy) is 1. The van der Waals surface area contributed by atoms with Gasteiger partial charge in [0, 0.05) is 5.69 Å². The first-order chi connectivity index (χ1) is 12.9. The van der Waals surface area contributed by atoms with Crippen LogP contribution in [0.1, 0.15) is 11.1 Å². The summed E-state index contributed by atoms with van der Waals surface area (Å²) >= 11 is 0. The predicted octanol–water partition coefficient (Wildman–Crippen LogP) is 5.68. The molecule has 3 aromatic rings. The van der Waals surface area contributed by atoms with E-state index < -0.39 is 17.6 Å². The zero-order chi connectivity index (χ0) is 19.3. The molecule has 0 saturated carbocycles. The third kappa shape index (κ3) is 5.34. The Morgan fingerprint density at radius 3 is 2.19 bits per heavy atom. The number of alkyl halides is 3. The summed E-state index contributed by atoms with van der Waals surface area (Å²) in [7, 11) is 0. The highest BCUT2D eigenvalue weighted by Crippen LogP contribution is 2.29. The van der Waals surface area contributed by atoms with Crippen LogP contribution in [0.3, 0.4) is 0 Å². The van der Waals surface area contributed by atoms with Crippen LogP contribution in [0, 0.1) is 0 Å². The summed E-state index contributed by atoms with van der Waals surface area (Å²) in [6, 6.07) is 20.7. The number of carbonyl (C=O) groups excluding carboxylic acids is 1. The molecule has 0 unspecified atom stereocenters. The Labute approximate surface area is 154 Å². The highest BCUT2D eigenvalue weighted by Gasteiger charge is 2.30. The van der Waals surface area contributed by atoms with Crippen LogP contribution in [0.2, 0.25) is 0 Å². The zero-order valence-electron chi connectivity index (χ0n) is 14.2. The Morgan fingerprint density at radius 2 is 1.52 bits per heavy atom. The average molecular weight is 371 g/mol. The highest BCUT2D eigenvalue weighted by atomic mass is 19.4. The van der Waals surface area contributed by atoms with E-state index in [1.54, 1.807) is 24.3 Å². The summed E-state index contributed by atoms with van der Waals surface area (Å²) in [6.07, 6.45) is -4.58. The molecule has 3 rings (SSSR count). The van der Waals surface area contributed by atoms with Crippen LogP contribution in [-0.4, -0.2) is 5.91 Å². The maximum absolute atomic E-state index is 12.7. The van der Waals surface area contributed by atoms with Crippen molar-refractivity contribution in [2.75, 3.05) is 5.32 Å². The molecule has 0 heterocycles. The average Bonchev–Trinajstić information content (AvgIpc) is 2.64. The smallest absolute Gasteiger partial charge is 0.416 e. The first-order valence-corrected chi connectivity index (χ1v) is 8.19. The van der Waals surface area contributed by atoms with Gasteiger partial charge in [-0.3, -0.25) is 4.79 Å². The molecular weight excluding hydrogens is 355 g/mol. The minimum atomic E-state index is -4.43. The maximum Gasteiger partial charge on any atom is 0.416 e. The lowest BCUT2D eigenvalue weighted by Crippen LogP contribution is -2.15. The molecule has 3 aromatic carbocycles. The van der Waals surface area contributed by atoms with Crippen LogP contribution in [0.25, 0.3) is 0 Å². The van der Waals surface area contributed by atoms with Crippen molar-refractivity contribution in [3.05, 3.63) is 90.0 Å². The second-order valence-electron chi connectivity index (χ2n) is 5.86. The van der Waals surface area contributed by atoms with Crippen LogP contribution in [-0.2, 0) is 17.4 Å². The number of benzene rings is 3. The standard InChI is InChI=1S/C21H16F3NO2/c22-21(23,24)16-6-4-5-15(13-16)14-20(26)25-17-9-11-19(12-10-17)27-18-7-2-1-3-8-18/h1-13H,14H2,(H,25,26). The summed E-state index contributed by atoms with van der Waals surface area (Å²) < 4.78 is 43.9. The molecule has 0 aliphatic carbocycles. The Morgan fingerprint density at radius 1 is 0.852 bits per heavy atom. The van der Waals surface area contributed by atoms with Crippen LogP contribution in [0.5, 0.6) is 11.5 Å². The van der Waals surface area contributed by atoms with Gasteiger partial charge in [-0.05, 0) is 48.0 Å². The third-order valence-electron chi connectivity index (χ3n) is 3.74. The van der Waals surface area contributed by atoms with Crippen LogP contribution < -0.4 is 10.1 Å². The van der Waals surface area contributed by atoms with Crippen molar-refractivity contribution in [2.45, 2.75) is 12.6 Å². The SMILES string of the molecule is O=C(Cc1cccc(C(F)(F)F)c1)Nc1ccc(Oc2ccccc2)cc1. The topological polar surface area (TPSA) is 38.3 Å². The Bertz CT molecular complexity index is 907. The van der Waals surface area contributed by atoms with Gasteiger partial charge in [-0.25, -0.2) is 0 Å². The van der Waals surface area contributed by atoms with Crippen molar-refractivity contribution in [1.82, 2.24) is 0 Å². The summed E-state index contributed by atoms with van der Waals surface area (Å²) in [4.78, 5) is 12.1. The number of amides is 1. The van der Waals surface area contributed by atoms with E-state index in [4.69, 9.17) is 4.74 Å². The summed E-state index contributed by atoms with van der Waals surface area (Å²) in [6.45, 7) is 0. The van der Waals surface area contributed by atoms with E-state index in [1.165, 1.54) is 12.1 Å². The van der Waals surface area contributed by atoms with Gasteiger partial charge in [0.15, 0.2) is 0 Å². The van der Waals surface area contributed by atoms with Crippen molar-refractivity contribution in [3.63, 3.8) is 0 Å². The van der Waals surface area contributed by atoms with E-state index in [0.717, 1.165) is 12.1 Å². The van der Waals surface area contributed by atoms with E-state index in [2.05, 4.69) is 5.32 Å². The Kier molecular flexibility index (Phi) is 5.45. The number of halogens is 3. The molecule has 0 fully saturated rings. The minimum Gasteiger partial charge on any atom is -0.457 e. The molecular formula is C21H16F3NO2. The third-order valence-corrected chi connectivity index (χ3v) is 3.74. The molecule has 3 nitrogen and oxygen atoms in total. The monoisotopic (exact) mass is 371 g/mol. The summed E-state index contributed by atoms with van der Waals surface area (Å²) in [5.74, 6) is 0.905. The molecule has 0 spiro atoms. The quantitative estimate of drug-likeness (QED) is 0.627. The van der Waals surface area contributed by atoms with E-state index >= 15 is 0 Å². The molecule has 0 atom stereocenters. The lowest BCUT2D eigenvalue weighted by Gasteiger charge is -2.10. The van der Waals surface area contributed by atoms with Crippen LogP contribution in [0.15, 0.2) is 78.9 Å². The summed E-state index contributed by atoms with van der Waals surface area (Å²) in [5, 5.41) is 2.66. The largest absolute Gasteiger partial charge is 0.457 e. The molecule has 138 valence electrons. The minimum absolute atomic E-state index is 0.147. The number of nitrogens with one attached hydrogen (secondary N) is 1. The van der Waals surface area contributed by atoms with Gasteiger partial charge in [0.05, 0.1) is 12.0 Å². The predicted molar refractivity (Wildman–Crippen MR) is 96.7 cm³/mol. The zero-order valence-corrected chi connectivity index (χ0v) is 14.2. The molecule has 0 aliphatic heterocycles. The number of para-hydroxylation sites is 1. The van der Waals surface area contributed by atoms with Crippen molar-refractivity contribution in [2.24, 2.45) is 0 Å². The van der Waals surface area contributed by atoms with Gasteiger partial charge in [-0.15, -0.1) is 0 Å². The van der Waals surface area contributed by atoms with Gasteiger partial charge in [0.25, 0.3) is 0 Å². The van der Waals surface area contributed by atoms with Crippen LogP contribution in [0.4, 0.5) is 18.9 Å². The van der Waals surface area contributed by atoms with Crippen molar-refractivity contribution < 1.29 is 22.7 Å². The van der Waals surface area contributed by atoms with Crippen molar-refractivity contribution in [1.29, 1.82) is 0 Å². The second-order valence-corrected chi connectivity index (χ2v) is 5.86. The molecule has 6 heteroatoms. The fourth-order valence-corrected chi connectivity index (χ4v) is 2.48. The van der Waals surface area contributed by atoms with E-state index in [9.17, 15) is 18.0 Å². The highest BCUT2D eigenvalue weighted by molar-refractivity contribution is 5.92. The molecule has 27 heavy (non-hydrogen) atoms. The lowest BCUT2D eigenvalue weighted by atomic mass is 10.1. The molecule has 0 radical (unpaired) electrons. The van der Waals surface area contributed by atoms with Gasteiger partial charge < -0.3 is 10.1 Å². The number of carbonyl (C=O) groups is 1. The number of rotatable bonds is 5. The van der Waals surface area contributed by atoms with Gasteiger partial charge >= 0.3 is 6.18 Å². The van der Waals surface area contributed by atoms with Crippen molar-refractivity contribution >= 4 is 11.6 Å². The molecule has 0 bridgehead atoms.